The molecule has 2 aromatic carbocycles. The maximum absolute atomic E-state index is 13.3. The Morgan fingerprint density at radius 3 is 2.62 bits per heavy atom. The smallest absolute Gasteiger partial charge is 0.381 e. The number of rotatable bonds is 6. The van der Waals surface area contributed by atoms with Crippen LogP contribution in [0.4, 0.5) is 18.9 Å². The van der Waals surface area contributed by atoms with Crippen molar-refractivity contribution in [3.8, 4) is 11.1 Å². The SMILES string of the molecule is COC/C=C/c1cc2c(cn1)cc(-c1cc(NC(=O)c3cccc(C(F)(F)F)c3)ccc1C)c(=O)n2C. The quantitative estimate of drug-likeness (QED) is 0.356. The number of nitrogens with zero attached hydrogens (tertiary/aromatic N) is 2. The topological polar surface area (TPSA) is 73.2 Å². The molecule has 0 radical (unpaired) electrons. The summed E-state index contributed by atoms with van der Waals surface area (Å²) < 4.78 is 45.7. The van der Waals surface area contributed by atoms with Crippen LogP contribution in [-0.4, -0.2) is 29.2 Å². The Balaban J connectivity index is 1.69. The molecule has 0 atom stereocenters. The number of ether oxygens (including phenoxy) is 1. The van der Waals surface area contributed by atoms with E-state index < -0.39 is 17.6 Å². The van der Waals surface area contributed by atoms with Crippen molar-refractivity contribution in [2.45, 2.75) is 13.1 Å². The Hall–Kier alpha value is -4.24. The van der Waals surface area contributed by atoms with Crippen molar-refractivity contribution in [1.29, 1.82) is 0 Å². The Morgan fingerprint density at radius 2 is 1.89 bits per heavy atom. The van der Waals surface area contributed by atoms with Crippen molar-refractivity contribution < 1.29 is 22.7 Å². The number of anilines is 1. The molecular weight excluding hydrogens is 483 g/mol. The van der Waals surface area contributed by atoms with E-state index in [0.29, 0.717) is 34.6 Å². The van der Waals surface area contributed by atoms with E-state index in [9.17, 15) is 22.8 Å². The van der Waals surface area contributed by atoms with Gasteiger partial charge in [0.15, 0.2) is 0 Å². The predicted molar refractivity (Wildman–Crippen MR) is 137 cm³/mol. The van der Waals surface area contributed by atoms with E-state index in [-0.39, 0.29) is 11.1 Å². The lowest BCUT2D eigenvalue weighted by Gasteiger charge is -2.14. The van der Waals surface area contributed by atoms with Crippen LogP contribution in [0.3, 0.4) is 0 Å². The van der Waals surface area contributed by atoms with Gasteiger partial charge in [-0.15, -0.1) is 0 Å². The first-order valence-corrected chi connectivity index (χ1v) is 11.3. The van der Waals surface area contributed by atoms with E-state index in [1.165, 1.54) is 16.7 Å². The molecule has 0 saturated carbocycles. The van der Waals surface area contributed by atoms with E-state index in [1.54, 1.807) is 44.6 Å². The van der Waals surface area contributed by atoms with Crippen molar-refractivity contribution in [2.75, 3.05) is 19.0 Å². The molecule has 0 fully saturated rings. The van der Waals surface area contributed by atoms with Crippen LogP contribution >= 0.6 is 0 Å². The maximum Gasteiger partial charge on any atom is 0.416 e. The summed E-state index contributed by atoms with van der Waals surface area (Å²) in [5, 5.41) is 3.38. The number of methoxy groups -OCH3 is 1. The number of aryl methyl sites for hydroxylation is 2. The molecule has 1 amide bonds. The zero-order valence-electron chi connectivity index (χ0n) is 20.4. The normalized spacial score (nSPS) is 11.8. The van der Waals surface area contributed by atoms with Gasteiger partial charge in [0, 0.05) is 42.6 Å². The third kappa shape index (κ3) is 5.62. The number of carbonyl (C=O) groups excluding carboxylic acids is 1. The van der Waals surface area contributed by atoms with Crippen molar-refractivity contribution in [3.05, 3.63) is 99.6 Å². The van der Waals surface area contributed by atoms with Gasteiger partial charge in [-0.05, 0) is 66.6 Å². The average Bonchev–Trinajstić information content (AvgIpc) is 2.87. The molecule has 0 unspecified atom stereocenters. The van der Waals surface area contributed by atoms with Crippen molar-refractivity contribution in [1.82, 2.24) is 9.55 Å². The molecule has 6 nitrogen and oxygen atoms in total. The molecule has 190 valence electrons. The second kappa shape index (κ2) is 10.4. The number of nitrogens with one attached hydrogen (secondary N) is 1. The highest BCUT2D eigenvalue weighted by Gasteiger charge is 2.31. The Labute approximate surface area is 211 Å². The van der Waals surface area contributed by atoms with E-state index in [1.807, 2.05) is 25.1 Å². The first-order valence-electron chi connectivity index (χ1n) is 11.3. The minimum absolute atomic E-state index is 0.125. The molecule has 37 heavy (non-hydrogen) atoms. The van der Waals surface area contributed by atoms with Crippen LogP contribution in [-0.2, 0) is 18.0 Å². The van der Waals surface area contributed by atoms with Gasteiger partial charge in [0.05, 0.1) is 23.4 Å². The zero-order valence-corrected chi connectivity index (χ0v) is 20.4. The van der Waals surface area contributed by atoms with Crippen molar-refractivity contribution >= 4 is 28.6 Å². The van der Waals surface area contributed by atoms with Crippen molar-refractivity contribution in [3.63, 3.8) is 0 Å². The number of hydrogen-bond donors (Lipinski definition) is 1. The minimum Gasteiger partial charge on any atom is -0.381 e. The highest BCUT2D eigenvalue weighted by atomic mass is 19.4. The van der Waals surface area contributed by atoms with Gasteiger partial charge in [-0.3, -0.25) is 14.6 Å². The molecule has 2 heterocycles. The number of aromatic nitrogens is 2. The Bertz CT molecular complexity index is 1570. The first-order chi connectivity index (χ1) is 17.6. The van der Waals surface area contributed by atoms with Gasteiger partial charge >= 0.3 is 6.18 Å². The highest BCUT2D eigenvalue weighted by molar-refractivity contribution is 6.04. The summed E-state index contributed by atoms with van der Waals surface area (Å²) in [6, 6.07) is 12.8. The molecule has 2 aromatic heterocycles. The summed E-state index contributed by atoms with van der Waals surface area (Å²) in [4.78, 5) is 30.4. The predicted octanol–water partition coefficient (Wildman–Crippen LogP) is 5.84. The largest absolute Gasteiger partial charge is 0.416 e. The Kier molecular flexibility index (Phi) is 7.26. The Morgan fingerprint density at radius 1 is 1.11 bits per heavy atom. The number of halogens is 3. The molecule has 0 saturated heterocycles. The number of benzene rings is 2. The molecule has 0 aliphatic carbocycles. The lowest BCUT2D eigenvalue weighted by molar-refractivity contribution is -0.137. The van der Waals surface area contributed by atoms with Gasteiger partial charge in [0.25, 0.3) is 11.5 Å². The summed E-state index contributed by atoms with van der Waals surface area (Å²) in [7, 11) is 3.27. The zero-order chi connectivity index (χ0) is 26.7. The van der Waals surface area contributed by atoms with Crippen LogP contribution in [0.1, 0.15) is 27.2 Å². The number of amides is 1. The number of fused-ring (bicyclic) bond motifs is 1. The van der Waals surface area contributed by atoms with Gasteiger partial charge in [0.1, 0.15) is 0 Å². The van der Waals surface area contributed by atoms with Crippen LogP contribution in [0.2, 0.25) is 0 Å². The second-order valence-corrected chi connectivity index (χ2v) is 8.51. The van der Waals surface area contributed by atoms with Crippen LogP contribution in [0.15, 0.2) is 71.7 Å². The molecule has 0 spiro atoms. The maximum atomic E-state index is 13.3. The fourth-order valence-corrected chi connectivity index (χ4v) is 3.96. The average molecular weight is 508 g/mol. The summed E-state index contributed by atoms with van der Waals surface area (Å²) in [6.07, 6.45) is 0.754. The van der Waals surface area contributed by atoms with Crippen LogP contribution in [0.25, 0.3) is 28.1 Å². The van der Waals surface area contributed by atoms with Gasteiger partial charge in [0.2, 0.25) is 0 Å². The van der Waals surface area contributed by atoms with E-state index >= 15 is 0 Å². The third-order valence-corrected chi connectivity index (χ3v) is 5.92. The lowest BCUT2D eigenvalue weighted by Crippen LogP contribution is -2.19. The molecule has 4 rings (SSSR count). The van der Waals surface area contributed by atoms with E-state index in [0.717, 1.165) is 23.1 Å². The molecule has 4 aromatic rings. The monoisotopic (exact) mass is 507 g/mol. The standard InChI is InChI=1S/C28H24F3N3O3/c1-17-9-10-22(33-26(35)18-6-4-7-20(12-18)28(29,30)31)14-23(17)24-13-19-16-32-21(8-5-11-37-3)15-25(19)34(2)27(24)36/h4-10,12-16H,11H2,1-3H3,(H,33,35)/b8-5+. The van der Waals surface area contributed by atoms with Gasteiger partial charge in [-0.25, -0.2) is 0 Å². The van der Waals surface area contributed by atoms with Gasteiger partial charge < -0.3 is 14.6 Å². The van der Waals surface area contributed by atoms with Crippen LogP contribution in [0, 0.1) is 6.92 Å². The van der Waals surface area contributed by atoms with Crippen LogP contribution < -0.4 is 10.9 Å². The molecule has 0 bridgehead atoms. The number of hydrogen-bond acceptors (Lipinski definition) is 4. The fourth-order valence-electron chi connectivity index (χ4n) is 3.96. The lowest BCUT2D eigenvalue weighted by atomic mass is 9.99. The van der Waals surface area contributed by atoms with Crippen molar-refractivity contribution in [2.24, 2.45) is 7.05 Å². The summed E-state index contributed by atoms with van der Waals surface area (Å²) in [6.45, 7) is 2.27. The first kappa shape index (κ1) is 25.8. The second-order valence-electron chi connectivity index (χ2n) is 8.51. The van der Waals surface area contributed by atoms with E-state index in [4.69, 9.17) is 4.74 Å². The molecule has 0 aliphatic heterocycles. The van der Waals surface area contributed by atoms with Gasteiger partial charge in [-0.1, -0.05) is 18.2 Å². The molecule has 0 aliphatic rings. The fraction of sp³-hybridized carbons (Fsp3) is 0.179. The van der Waals surface area contributed by atoms with Crippen LogP contribution in [0.5, 0.6) is 0 Å². The van der Waals surface area contributed by atoms with E-state index in [2.05, 4.69) is 10.3 Å². The highest BCUT2D eigenvalue weighted by Crippen LogP contribution is 2.30. The van der Waals surface area contributed by atoms with Gasteiger partial charge in [-0.2, -0.15) is 13.2 Å². The number of pyridine rings is 2. The molecular formula is C28H24F3N3O3. The number of carbonyl (C=O) groups is 1. The number of alkyl halides is 3. The minimum atomic E-state index is -4.56. The summed E-state index contributed by atoms with van der Waals surface area (Å²) in [5.74, 6) is -0.689. The molecule has 9 heteroatoms. The summed E-state index contributed by atoms with van der Waals surface area (Å²) in [5.41, 5.74) is 2.25. The summed E-state index contributed by atoms with van der Waals surface area (Å²) >= 11 is 0. The molecule has 1 N–H and O–H groups in total. The third-order valence-electron chi connectivity index (χ3n) is 5.92.